The second kappa shape index (κ2) is 7.13. The molecule has 2 aromatic rings. The van der Waals surface area contributed by atoms with Crippen LogP contribution in [0.4, 0.5) is 11.4 Å². The lowest BCUT2D eigenvalue weighted by Gasteiger charge is -2.17. The van der Waals surface area contributed by atoms with E-state index in [1.807, 2.05) is 48.5 Å². The zero-order valence-corrected chi connectivity index (χ0v) is 13.5. The third-order valence-electron chi connectivity index (χ3n) is 2.98. The number of benzene rings is 2. The van der Waals surface area contributed by atoms with Crippen molar-refractivity contribution < 1.29 is 9.53 Å². The van der Waals surface area contributed by atoms with Crippen molar-refractivity contribution in [2.75, 3.05) is 17.7 Å². The third-order valence-corrected chi connectivity index (χ3v) is 3.51. The van der Waals surface area contributed by atoms with E-state index in [9.17, 15) is 4.79 Å². The maximum absolute atomic E-state index is 12.2. The molecule has 0 saturated heterocycles. The number of nitrogens with one attached hydrogen (secondary N) is 2. The Labute approximate surface area is 132 Å². The van der Waals surface area contributed by atoms with Crippen LogP contribution < -0.4 is 15.4 Å². The summed E-state index contributed by atoms with van der Waals surface area (Å²) in [4.78, 5) is 12.2. The molecule has 0 aliphatic rings. The van der Waals surface area contributed by atoms with E-state index >= 15 is 0 Å². The summed E-state index contributed by atoms with van der Waals surface area (Å²) < 4.78 is 6.23. The van der Waals surface area contributed by atoms with Crippen molar-refractivity contribution in [2.24, 2.45) is 0 Å². The number of methoxy groups -OCH3 is 1. The second-order valence-corrected chi connectivity index (χ2v) is 5.48. The van der Waals surface area contributed by atoms with Crippen molar-refractivity contribution in [3.63, 3.8) is 0 Å². The molecule has 5 heteroatoms. The van der Waals surface area contributed by atoms with Crippen molar-refractivity contribution >= 4 is 33.2 Å². The van der Waals surface area contributed by atoms with Crippen LogP contribution in [0, 0.1) is 0 Å². The standard InChI is InChI=1S/C16H17BrN2O2/c1-11(18-14-5-3-4-6-15(14)21-2)16(20)19-13-9-7-12(17)8-10-13/h3-11,18H,1-2H3,(H,19,20). The van der Waals surface area contributed by atoms with Gasteiger partial charge in [-0.3, -0.25) is 4.79 Å². The van der Waals surface area contributed by atoms with E-state index in [2.05, 4.69) is 26.6 Å². The molecule has 2 N–H and O–H groups in total. The SMILES string of the molecule is COc1ccccc1NC(C)C(=O)Nc1ccc(Br)cc1. The molecule has 0 spiro atoms. The summed E-state index contributed by atoms with van der Waals surface area (Å²) in [5, 5.41) is 6.01. The van der Waals surface area contributed by atoms with Gasteiger partial charge in [0.1, 0.15) is 11.8 Å². The van der Waals surface area contributed by atoms with Crippen LogP contribution in [0.2, 0.25) is 0 Å². The highest BCUT2D eigenvalue weighted by molar-refractivity contribution is 9.10. The van der Waals surface area contributed by atoms with Crippen molar-refractivity contribution in [2.45, 2.75) is 13.0 Å². The van der Waals surface area contributed by atoms with Gasteiger partial charge in [0.25, 0.3) is 0 Å². The van der Waals surface area contributed by atoms with E-state index in [0.717, 1.165) is 15.8 Å². The Morgan fingerprint density at radius 1 is 1.14 bits per heavy atom. The van der Waals surface area contributed by atoms with Crippen LogP contribution in [-0.2, 0) is 4.79 Å². The van der Waals surface area contributed by atoms with E-state index in [4.69, 9.17) is 4.74 Å². The number of ether oxygens (including phenoxy) is 1. The summed E-state index contributed by atoms with van der Waals surface area (Å²) in [5.74, 6) is 0.601. The smallest absolute Gasteiger partial charge is 0.246 e. The number of carbonyl (C=O) groups is 1. The molecule has 4 nitrogen and oxygen atoms in total. The Balaban J connectivity index is 2.01. The van der Waals surface area contributed by atoms with Gasteiger partial charge in [-0.25, -0.2) is 0 Å². The van der Waals surface area contributed by atoms with Gasteiger partial charge < -0.3 is 15.4 Å². The van der Waals surface area contributed by atoms with E-state index in [-0.39, 0.29) is 11.9 Å². The monoisotopic (exact) mass is 348 g/mol. The van der Waals surface area contributed by atoms with Crippen LogP contribution in [0.25, 0.3) is 0 Å². The molecule has 1 unspecified atom stereocenters. The molecule has 0 aromatic heterocycles. The Morgan fingerprint density at radius 3 is 2.48 bits per heavy atom. The highest BCUT2D eigenvalue weighted by atomic mass is 79.9. The van der Waals surface area contributed by atoms with Crippen LogP contribution in [-0.4, -0.2) is 19.1 Å². The fourth-order valence-electron chi connectivity index (χ4n) is 1.85. The second-order valence-electron chi connectivity index (χ2n) is 4.56. The van der Waals surface area contributed by atoms with E-state index < -0.39 is 0 Å². The summed E-state index contributed by atoms with van der Waals surface area (Å²) >= 11 is 3.36. The van der Waals surface area contributed by atoms with Crippen molar-refractivity contribution in [3.8, 4) is 5.75 Å². The van der Waals surface area contributed by atoms with Gasteiger partial charge in [-0.15, -0.1) is 0 Å². The summed E-state index contributed by atoms with van der Waals surface area (Å²) in [5.41, 5.74) is 1.55. The molecule has 0 heterocycles. The molecule has 1 amide bonds. The molecular weight excluding hydrogens is 332 g/mol. The average Bonchev–Trinajstić information content (AvgIpc) is 2.50. The Kier molecular flexibility index (Phi) is 5.22. The predicted octanol–water partition coefficient (Wildman–Crippen LogP) is 3.90. The fourth-order valence-corrected chi connectivity index (χ4v) is 2.11. The molecular formula is C16H17BrN2O2. The van der Waals surface area contributed by atoms with E-state index in [0.29, 0.717) is 5.75 Å². The maximum Gasteiger partial charge on any atom is 0.246 e. The summed E-state index contributed by atoms with van der Waals surface area (Å²) in [6, 6.07) is 14.6. The van der Waals surface area contributed by atoms with Crippen LogP contribution in [0.3, 0.4) is 0 Å². The Morgan fingerprint density at radius 2 is 1.81 bits per heavy atom. The quantitative estimate of drug-likeness (QED) is 0.861. The third kappa shape index (κ3) is 4.23. The van der Waals surface area contributed by atoms with Crippen LogP contribution in [0.1, 0.15) is 6.92 Å². The lowest BCUT2D eigenvalue weighted by molar-refractivity contribution is -0.116. The van der Waals surface area contributed by atoms with Gasteiger partial charge in [0, 0.05) is 10.2 Å². The van der Waals surface area contributed by atoms with Gasteiger partial charge in [-0.1, -0.05) is 28.1 Å². The average molecular weight is 349 g/mol. The minimum absolute atomic E-state index is 0.108. The molecule has 0 aliphatic heterocycles. The molecule has 0 saturated carbocycles. The number of carbonyl (C=O) groups excluding carboxylic acids is 1. The largest absolute Gasteiger partial charge is 0.495 e. The molecule has 1 atom stereocenters. The molecule has 0 aliphatic carbocycles. The molecule has 2 aromatic carbocycles. The van der Waals surface area contributed by atoms with E-state index in [1.54, 1.807) is 14.0 Å². The molecule has 0 fully saturated rings. The Bertz CT molecular complexity index is 614. The number of para-hydroxylation sites is 2. The van der Waals surface area contributed by atoms with Crippen LogP contribution in [0.5, 0.6) is 5.75 Å². The molecule has 2 rings (SSSR count). The number of anilines is 2. The van der Waals surface area contributed by atoms with Gasteiger partial charge in [-0.05, 0) is 43.3 Å². The first-order chi connectivity index (χ1) is 10.1. The van der Waals surface area contributed by atoms with Gasteiger partial charge in [0.05, 0.1) is 12.8 Å². The van der Waals surface area contributed by atoms with Gasteiger partial charge in [-0.2, -0.15) is 0 Å². The van der Waals surface area contributed by atoms with Crippen LogP contribution in [0.15, 0.2) is 53.0 Å². The number of halogens is 1. The summed E-state index contributed by atoms with van der Waals surface area (Å²) in [7, 11) is 1.60. The molecule has 0 bridgehead atoms. The normalized spacial score (nSPS) is 11.6. The van der Waals surface area contributed by atoms with Crippen molar-refractivity contribution in [1.29, 1.82) is 0 Å². The number of hydrogen-bond acceptors (Lipinski definition) is 3. The number of rotatable bonds is 5. The lowest BCUT2D eigenvalue weighted by Crippen LogP contribution is -2.31. The van der Waals surface area contributed by atoms with Crippen molar-refractivity contribution in [3.05, 3.63) is 53.0 Å². The molecule has 110 valence electrons. The minimum atomic E-state index is -0.384. The first kappa shape index (κ1) is 15.4. The minimum Gasteiger partial charge on any atom is -0.495 e. The topological polar surface area (TPSA) is 50.4 Å². The van der Waals surface area contributed by atoms with Crippen LogP contribution >= 0.6 is 15.9 Å². The number of amides is 1. The highest BCUT2D eigenvalue weighted by Crippen LogP contribution is 2.24. The maximum atomic E-state index is 12.2. The number of hydrogen-bond donors (Lipinski definition) is 2. The highest BCUT2D eigenvalue weighted by Gasteiger charge is 2.14. The Hall–Kier alpha value is -2.01. The summed E-state index contributed by atoms with van der Waals surface area (Å²) in [6.45, 7) is 1.81. The molecule has 0 radical (unpaired) electrons. The first-order valence-corrected chi connectivity index (χ1v) is 7.35. The van der Waals surface area contributed by atoms with Gasteiger partial charge in [0.2, 0.25) is 5.91 Å². The predicted molar refractivity (Wildman–Crippen MR) is 88.9 cm³/mol. The first-order valence-electron chi connectivity index (χ1n) is 6.56. The molecule has 21 heavy (non-hydrogen) atoms. The van der Waals surface area contributed by atoms with Gasteiger partial charge >= 0.3 is 0 Å². The lowest BCUT2D eigenvalue weighted by atomic mass is 10.2. The zero-order valence-electron chi connectivity index (χ0n) is 11.9. The van der Waals surface area contributed by atoms with E-state index in [1.165, 1.54) is 0 Å². The summed E-state index contributed by atoms with van der Waals surface area (Å²) in [6.07, 6.45) is 0. The van der Waals surface area contributed by atoms with Gasteiger partial charge in [0.15, 0.2) is 0 Å². The fraction of sp³-hybridized carbons (Fsp3) is 0.188. The van der Waals surface area contributed by atoms with Crippen molar-refractivity contribution in [1.82, 2.24) is 0 Å². The zero-order chi connectivity index (χ0) is 15.2.